The van der Waals surface area contributed by atoms with Gasteiger partial charge in [0.2, 0.25) is 0 Å². The third-order valence-electron chi connectivity index (χ3n) is 2.68. The van der Waals surface area contributed by atoms with Crippen molar-refractivity contribution in [3.63, 3.8) is 0 Å². The van der Waals surface area contributed by atoms with Crippen LogP contribution < -0.4 is 15.8 Å². The molecule has 0 heterocycles. The van der Waals surface area contributed by atoms with Gasteiger partial charge in [0.25, 0.3) is 0 Å². The Morgan fingerprint density at radius 2 is 1.85 bits per heavy atom. The first-order valence-electron chi connectivity index (χ1n) is 6.20. The van der Waals surface area contributed by atoms with Gasteiger partial charge in [0.1, 0.15) is 12.4 Å². The van der Waals surface area contributed by atoms with Crippen molar-refractivity contribution in [2.75, 3.05) is 24.3 Å². The second kappa shape index (κ2) is 8.30. The number of anilines is 2. The Bertz CT molecular complexity index is 521. The van der Waals surface area contributed by atoms with Gasteiger partial charge in [-0.1, -0.05) is 30.3 Å². The molecule has 4 N–H and O–H groups in total. The van der Waals surface area contributed by atoms with Crippen LogP contribution in [0, 0.1) is 0 Å². The zero-order valence-corrected chi connectivity index (χ0v) is 11.9. The summed E-state index contributed by atoms with van der Waals surface area (Å²) in [5.41, 5.74) is 8.46. The van der Waals surface area contributed by atoms with Gasteiger partial charge in [-0.15, -0.1) is 12.4 Å². The quantitative estimate of drug-likeness (QED) is 0.717. The molecule has 2 aromatic carbocycles. The Morgan fingerprint density at radius 3 is 2.55 bits per heavy atom. The van der Waals surface area contributed by atoms with E-state index in [1.165, 1.54) is 5.56 Å². The molecule has 0 aromatic heterocycles. The van der Waals surface area contributed by atoms with E-state index >= 15 is 0 Å². The molecule has 108 valence electrons. The predicted octanol–water partition coefficient (Wildman–Crippen LogP) is 2.67. The molecule has 0 amide bonds. The van der Waals surface area contributed by atoms with E-state index in [9.17, 15) is 0 Å². The smallest absolute Gasteiger partial charge is 0.142 e. The maximum absolute atomic E-state index is 8.81. The molecule has 0 saturated carbocycles. The van der Waals surface area contributed by atoms with Crippen LogP contribution in [0.1, 0.15) is 5.56 Å². The van der Waals surface area contributed by atoms with E-state index in [1.807, 2.05) is 36.4 Å². The topological polar surface area (TPSA) is 67.5 Å². The highest BCUT2D eigenvalue weighted by atomic mass is 35.5. The first-order chi connectivity index (χ1) is 9.29. The average Bonchev–Trinajstić information content (AvgIpc) is 2.45. The Morgan fingerprint density at radius 1 is 1.10 bits per heavy atom. The molecule has 0 aliphatic carbocycles. The molecule has 0 spiro atoms. The zero-order valence-electron chi connectivity index (χ0n) is 11.1. The molecular formula is C15H19ClN2O2. The number of hydrogen-bond acceptors (Lipinski definition) is 4. The fourth-order valence-electron chi connectivity index (χ4n) is 1.76. The van der Waals surface area contributed by atoms with Crippen molar-refractivity contribution in [1.82, 2.24) is 0 Å². The number of benzene rings is 2. The van der Waals surface area contributed by atoms with E-state index in [1.54, 1.807) is 12.1 Å². The van der Waals surface area contributed by atoms with Crippen molar-refractivity contribution in [2.45, 2.75) is 6.54 Å². The van der Waals surface area contributed by atoms with Gasteiger partial charge in [0.05, 0.1) is 12.3 Å². The van der Waals surface area contributed by atoms with E-state index in [0.29, 0.717) is 18.0 Å². The number of aliphatic hydroxyl groups excluding tert-OH is 1. The minimum Gasteiger partial charge on any atom is -0.489 e. The number of nitrogens with two attached hydrogens (primary N) is 1. The van der Waals surface area contributed by atoms with Gasteiger partial charge in [0, 0.05) is 12.2 Å². The average molecular weight is 295 g/mol. The maximum Gasteiger partial charge on any atom is 0.142 e. The summed E-state index contributed by atoms with van der Waals surface area (Å²) in [6.07, 6.45) is 0. The minimum atomic E-state index is -0.0114. The van der Waals surface area contributed by atoms with Crippen LogP contribution in [-0.4, -0.2) is 18.3 Å². The van der Waals surface area contributed by atoms with E-state index in [0.717, 1.165) is 5.69 Å². The Kier molecular flexibility index (Phi) is 6.70. The van der Waals surface area contributed by atoms with Crippen LogP contribution in [-0.2, 0) is 6.54 Å². The second-order valence-electron chi connectivity index (χ2n) is 4.17. The summed E-state index contributed by atoms with van der Waals surface area (Å²) in [7, 11) is 0. The van der Waals surface area contributed by atoms with Crippen LogP contribution >= 0.6 is 12.4 Å². The molecule has 0 atom stereocenters. The van der Waals surface area contributed by atoms with Crippen LogP contribution in [0.15, 0.2) is 48.5 Å². The zero-order chi connectivity index (χ0) is 13.5. The molecule has 0 unspecified atom stereocenters. The van der Waals surface area contributed by atoms with E-state index < -0.39 is 0 Å². The number of hydrogen-bond donors (Lipinski definition) is 3. The lowest BCUT2D eigenvalue weighted by Gasteiger charge is -2.13. The molecule has 0 bridgehead atoms. The van der Waals surface area contributed by atoms with Crippen molar-refractivity contribution < 1.29 is 9.84 Å². The van der Waals surface area contributed by atoms with Crippen LogP contribution in [0.25, 0.3) is 0 Å². The Hall–Kier alpha value is -1.91. The summed E-state index contributed by atoms with van der Waals surface area (Å²) in [5.74, 6) is 0.694. The van der Waals surface area contributed by atoms with Gasteiger partial charge in [-0.25, -0.2) is 0 Å². The van der Waals surface area contributed by atoms with Crippen molar-refractivity contribution in [1.29, 1.82) is 0 Å². The largest absolute Gasteiger partial charge is 0.489 e. The number of halogens is 1. The molecule has 20 heavy (non-hydrogen) atoms. The normalized spacial score (nSPS) is 9.65. The molecule has 0 fully saturated rings. The van der Waals surface area contributed by atoms with Gasteiger partial charge in [-0.2, -0.15) is 0 Å². The number of nitrogens with one attached hydrogen (secondary N) is 1. The third kappa shape index (κ3) is 4.64. The highest BCUT2D eigenvalue weighted by Gasteiger charge is 2.04. The van der Waals surface area contributed by atoms with Crippen LogP contribution in [0.3, 0.4) is 0 Å². The lowest BCUT2D eigenvalue weighted by molar-refractivity contribution is 0.202. The van der Waals surface area contributed by atoms with Gasteiger partial charge in [-0.3, -0.25) is 0 Å². The Balaban J connectivity index is 0.00000200. The summed E-state index contributed by atoms with van der Waals surface area (Å²) in [6, 6.07) is 15.5. The molecule has 2 aromatic rings. The van der Waals surface area contributed by atoms with Crippen LogP contribution in [0.2, 0.25) is 0 Å². The lowest BCUT2D eigenvalue weighted by Crippen LogP contribution is -2.06. The van der Waals surface area contributed by atoms with Crippen molar-refractivity contribution in [2.24, 2.45) is 0 Å². The SMILES string of the molecule is Cl.Nc1ccc(OCCO)c(NCc2ccccc2)c1. The fraction of sp³-hybridized carbons (Fsp3) is 0.200. The number of rotatable bonds is 6. The number of ether oxygens (including phenoxy) is 1. The predicted molar refractivity (Wildman–Crippen MR) is 84.5 cm³/mol. The molecule has 2 rings (SSSR count). The summed E-state index contributed by atoms with van der Waals surface area (Å²) in [4.78, 5) is 0. The molecule has 4 nitrogen and oxygen atoms in total. The first kappa shape index (κ1) is 16.1. The maximum atomic E-state index is 8.81. The highest BCUT2D eigenvalue weighted by Crippen LogP contribution is 2.27. The van der Waals surface area contributed by atoms with Crippen molar-refractivity contribution in [3.05, 3.63) is 54.1 Å². The lowest BCUT2D eigenvalue weighted by atomic mass is 10.2. The standard InChI is InChI=1S/C15H18N2O2.ClH/c16-13-6-7-15(19-9-8-18)14(10-13)17-11-12-4-2-1-3-5-12;/h1-7,10,17-18H,8-9,11,16H2;1H. The molecular weight excluding hydrogens is 276 g/mol. The van der Waals surface area contributed by atoms with Crippen LogP contribution in [0.4, 0.5) is 11.4 Å². The summed E-state index contributed by atoms with van der Waals surface area (Å²) in [6.45, 7) is 0.951. The molecule has 0 radical (unpaired) electrons. The van der Waals surface area contributed by atoms with Crippen molar-refractivity contribution >= 4 is 23.8 Å². The highest BCUT2D eigenvalue weighted by molar-refractivity contribution is 5.85. The van der Waals surface area contributed by atoms with Gasteiger partial charge >= 0.3 is 0 Å². The van der Waals surface area contributed by atoms with Gasteiger partial charge in [-0.05, 0) is 23.8 Å². The monoisotopic (exact) mass is 294 g/mol. The summed E-state index contributed by atoms with van der Waals surface area (Å²) >= 11 is 0. The van der Waals surface area contributed by atoms with E-state index in [4.69, 9.17) is 15.6 Å². The summed E-state index contributed by atoms with van der Waals surface area (Å²) < 4.78 is 5.46. The number of aliphatic hydroxyl groups is 1. The summed E-state index contributed by atoms with van der Waals surface area (Å²) in [5, 5.41) is 12.1. The van der Waals surface area contributed by atoms with E-state index in [-0.39, 0.29) is 25.6 Å². The first-order valence-corrected chi connectivity index (χ1v) is 6.20. The molecule has 0 aliphatic heterocycles. The van der Waals surface area contributed by atoms with Gasteiger partial charge in [0.15, 0.2) is 0 Å². The molecule has 0 aliphatic rings. The van der Waals surface area contributed by atoms with Crippen molar-refractivity contribution in [3.8, 4) is 5.75 Å². The van der Waals surface area contributed by atoms with Crippen LogP contribution in [0.5, 0.6) is 5.75 Å². The third-order valence-corrected chi connectivity index (χ3v) is 2.68. The molecule has 0 saturated heterocycles. The fourth-order valence-corrected chi connectivity index (χ4v) is 1.76. The Labute approximate surface area is 125 Å². The second-order valence-corrected chi connectivity index (χ2v) is 4.17. The van der Waals surface area contributed by atoms with Gasteiger partial charge < -0.3 is 20.9 Å². The van der Waals surface area contributed by atoms with E-state index in [2.05, 4.69) is 5.32 Å². The molecule has 5 heteroatoms. The minimum absolute atomic E-state index is 0. The number of nitrogen functional groups attached to an aromatic ring is 1.